The smallest absolute Gasteiger partial charge is 0.273 e. The van der Waals surface area contributed by atoms with E-state index in [4.69, 9.17) is 4.42 Å². The van der Waals surface area contributed by atoms with Crippen molar-refractivity contribution >= 4 is 10.0 Å². The second kappa shape index (κ2) is 7.42. The summed E-state index contributed by atoms with van der Waals surface area (Å²) >= 11 is 0. The fourth-order valence-corrected chi connectivity index (χ4v) is 2.69. The Morgan fingerprint density at radius 3 is 2.48 bits per heavy atom. The third kappa shape index (κ3) is 7.11. The summed E-state index contributed by atoms with van der Waals surface area (Å²) in [6, 6.07) is 3.21. The molecule has 0 fully saturated rings. The molecule has 0 saturated heterocycles. The van der Waals surface area contributed by atoms with Crippen LogP contribution in [0, 0.1) is 11.3 Å². The summed E-state index contributed by atoms with van der Waals surface area (Å²) in [5.41, 5.74) is 0.0949. The molecule has 0 saturated carbocycles. The van der Waals surface area contributed by atoms with Crippen molar-refractivity contribution in [3.63, 3.8) is 0 Å². The van der Waals surface area contributed by atoms with Crippen LogP contribution in [0.1, 0.15) is 46.8 Å². The third-order valence-electron chi connectivity index (χ3n) is 2.92. The van der Waals surface area contributed by atoms with E-state index in [1.54, 1.807) is 6.07 Å². The molecule has 0 spiro atoms. The summed E-state index contributed by atoms with van der Waals surface area (Å²) < 4.78 is 32.2. The molecule has 1 aromatic rings. The maximum absolute atomic E-state index is 12.1. The van der Waals surface area contributed by atoms with Gasteiger partial charge in [0.25, 0.3) is 10.0 Å². The van der Waals surface area contributed by atoms with Crippen LogP contribution in [0.25, 0.3) is 0 Å². The molecule has 2 N–H and O–H groups in total. The van der Waals surface area contributed by atoms with E-state index in [0.717, 1.165) is 13.0 Å². The van der Waals surface area contributed by atoms with Gasteiger partial charge < -0.3 is 9.73 Å². The molecule has 0 radical (unpaired) electrons. The minimum atomic E-state index is -3.55. The zero-order chi connectivity index (χ0) is 16.1. The zero-order valence-electron chi connectivity index (χ0n) is 13.7. The molecular weight excluding hydrogens is 288 g/mol. The van der Waals surface area contributed by atoms with E-state index in [1.165, 1.54) is 6.07 Å². The highest BCUT2D eigenvalue weighted by Gasteiger charge is 2.19. The lowest BCUT2D eigenvalue weighted by molar-refractivity contribution is 0.372. The van der Waals surface area contributed by atoms with Crippen molar-refractivity contribution < 1.29 is 12.8 Å². The largest absolute Gasteiger partial charge is 0.447 e. The maximum Gasteiger partial charge on any atom is 0.273 e. The fraction of sp³-hybridized carbons (Fsp3) is 0.733. The lowest BCUT2D eigenvalue weighted by atomic mass is 9.93. The van der Waals surface area contributed by atoms with Gasteiger partial charge in [-0.3, -0.25) is 0 Å². The van der Waals surface area contributed by atoms with Crippen molar-refractivity contribution in [2.75, 3.05) is 13.1 Å². The van der Waals surface area contributed by atoms with E-state index in [-0.39, 0.29) is 10.5 Å². The Hall–Kier alpha value is -0.850. The Bertz CT molecular complexity index is 527. The molecule has 0 aromatic carbocycles. The molecule has 0 bridgehead atoms. The van der Waals surface area contributed by atoms with Gasteiger partial charge in [-0.05, 0) is 36.4 Å². The summed E-state index contributed by atoms with van der Waals surface area (Å²) in [6.07, 6.45) is 0.774. The number of rotatable bonds is 8. The first-order valence-electron chi connectivity index (χ1n) is 7.39. The van der Waals surface area contributed by atoms with Crippen molar-refractivity contribution in [1.82, 2.24) is 10.0 Å². The van der Waals surface area contributed by atoms with Crippen LogP contribution in [0.4, 0.5) is 0 Å². The molecule has 5 nitrogen and oxygen atoms in total. The molecule has 1 rings (SSSR count). The molecule has 0 aliphatic heterocycles. The average molecular weight is 316 g/mol. The standard InChI is InChI=1S/C15H28N2O3S/c1-12(2)10-16-11-13-6-7-14(20-13)21(18,19)17-9-8-15(3,4)5/h6-7,12,16-17H,8-11H2,1-5H3. The van der Waals surface area contributed by atoms with E-state index >= 15 is 0 Å². The first-order valence-corrected chi connectivity index (χ1v) is 8.87. The summed E-state index contributed by atoms with van der Waals surface area (Å²) in [6.45, 7) is 12.3. The van der Waals surface area contributed by atoms with Gasteiger partial charge in [0.05, 0.1) is 6.54 Å². The van der Waals surface area contributed by atoms with Crippen LogP contribution in [-0.2, 0) is 16.6 Å². The van der Waals surface area contributed by atoms with Gasteiger partial charge in [0.2, 0.25) is 5.09 Å². The molecule has 21 heavy (non-hydrogen) atoms. The normalized spacial score (nSPS) is 13.0. The minimum absolute atomic E-state index is 0.0160. The summed E-state index contributed by atoms with van der Waals surface area (Å²) in [5, 5.41) is 3.20. The Balaban J connectivity index is 2.54. The van der Waals surface area contributed by atoms with Crippen molar-refractivity contribution in [2.45, 2.75) is 52.7 Å². The van der Waals surface area contributed by atoms with Gasteiger partial charge in [-0.2, -0.15) is 0 Å². The van der Waals surface area contributed by atoms with Crippen LogP contribution in [0.15, 0.2) is 21.6 Å². The molecule has 1 heterocycles. The van der Waals surface area contributed by atoms with Crippen molar-refractivity contribution in [2.24, 2.45) is 11.3 Å². The number of sulfonamides is 1. The highest BCUT2D eigenvalue weighted by Crippen LogP contribution is 2.18. The second-order valence-corrected chi connectivity index (χ2v) is 8.65. The first kappa shape index (κ1) is 18.2. The lowest BCUT2D eigenvalue weighted by Crippen LogP contribution is -2.27. The maximum atomic E-state index is 12.1. The zero-order valence-corrected chi connectivity index (χ0v) is 14.5. The Morgan fingerprint density at radius 1 is 1.24 bits per heavy atom. The van der Waals surface area contributed by atoms with Gasteiger partial charge >= 0.3 is 0 Å². The molecule has 6 heteroatoms. The topological polar surface area (TPSA) is 71.3 Å². The van der Waals surface area contributed by atoms with Gasteiger partial charge in [-0.15, -0.1) is 0 Å². The molecule has 0 amide bonds. The van der Waals surface area contributed by atoms with Crippen LogP contribution in [-0.4, -0.2) is 21.5 Å². The van der Waals surface area contributed by atoms with Gasteiger partial charge in [0, 0.05) is 6.54 Å². The highest BCUT2D eigenvalue weighted by molar-refractivity contribution is 7.89. The van der Waals surface area contributed by atoms with Crippen molar-refractivity contribution in [1.29, 1.82) is 0 Å². The van der Waals surface area contributed by atoms with Gasteiger partial charge in [-0.25, -0.2) is 13.1 Å². The summed E-state index contributed by atoms with van der Waals surface area (Å²) in [5.74, 6) is 1.18. The Morgan fingerprint density at radius 2 is 1.90 bits per heavy atom. The monoisotopic (exact) mass is 316 g/mol. The number of furan rings is 1. The average Bonchev–Trinajstić information content (AvgIpc) is 2.75. The van der Waals surface area contributed by atoms with Crippen LogP contribution in [0.5, 0.6) is 0 Å². The summed E-state index contributed by atoms with van der Waals surface area (Å²) in [7, 11) is -3.55. The molecule has 0 unspecified atom stereocenters. The number of hydrogen-bond acceptors (Lipinski definition) is 4. The molecule has 122 valence electrons. The van der Waals surface area contributed by atoms with Crippen molar-refractivity contribution in [3.05, 3.63) is 17.9 Å². The highest BCUT2D eigenvalue weighted by atomic mass is 32.2. The van der Waals surface area contributed by atoms with Crippen LogP contribution in [0.2, 0.25) is 0 Å². The lowest BCUT2D eigenvalue weighted by Gasteiger charge is -2.17. The minimum Gasteiger partial charge on any atom is -0.447 e. The van der Waals surface area contributed by atoms with E-state index in [2.05, 4.69) is 44.7 Å². The van der Waals surface area contributed by atoms with E-state index in [0.29, 0.717) is 24.8 Å². The molecule has 0 atom stereocenters. The fourth-order valence-electron chi connectivity index (χ4n) is 1.71. The predicted molar refractivity (Wildman–Crippen MR) is 84.5 cm³/mol. The van der Waals surface area contributed by atoms with Crippen LogP contribution in [0.3, 0.4) is 0 Å². The number of hydrogen-bond donors (Lipinski definition) is 2. The van der Waals surface area contributed by atoms with E-state index < -0.39 is 10.0 Å². The van der Waals surface area contributed by atoms with Gasteiger partial charge in [0.1, 0.15) is 5.76 Å². The third-order valence-corrected chi connectivity index (χ3v) is 4.25. The Kier molecular flexibility index (Phi) is 6.43. The Labute approximate surface area is 128 Å². The SMILES string of the molecule is CC(C)CNCc1ccc(S(=O)(=O)NCCC(C)(C)C)o1. The van der Waals surface area contributed by atoms with E-state index in [9.17, 15) is 8.42 Å². The van der Waals surface area contributed by atoms with Gasteiger partial charge in [-0.1, -0.05) is 34.6 Å². The van der Waals surface area contributed by atoms with Crippen molar-refractivity contribution in [3.8, 4) is 0 Å². The second-order valence-electron chi connectivity index (χ2n) is 6.95. The molecule has 1 aromatic heterocycles. The first-order chi connectivity index (χ1) is 9.60. The quantitative estimate of drug-likeness (QED) is 0.773. The molecule has 0 aliphatic carbocycles. The summed E-state index contributed by atoms with van der Waals surface area (Å²) in [4.78, 5) is 0. The molecule has 0 aliphatic rings. The van der Waals surface area contributed by atoms with Crippen LogP contribution >= 0.6 is 0 Å². The number of nitrogens with one attached hydrogen (secondary N) is 2. The van der Waals surface area contributed by atoms with Gasteiger partial charge in [0.15, 0.2) is 0 Å². The molecular formula is C15H28N2O3S. The van der Waals surface area contributed by atoms with E-state index in [1.807, 2.05) is 0 Å². The predicted octanol–water partition coefficient (Wildman–Crippen LogP) is 2.74. The van der Waals surface area contributed by atoms with Crippen LogP contribution < -0.4 is 10.0 Å².